The molecule has 124 valence electrons. The van der Waals surface area contributed by atoms with Gasteiger partial charge in [0.2, 0.25) is 0 Å². The summed E-state index contributed by atoms with van der Waals surface area (Å²) in [7, 11) is 0. The van der Waals surface area contributed by atoms with Crippen LogP contribution >= 0.6 is 11.3 Å². The molecule has 0 aliphatic carbocycles. The molecule has 0 atom stereocenters. The number of carbonyl (C=O) groups excluding carboxylic acids is 3. The quantitative estimate of drug-likeness (QED) is 0.827. The number of amides is 4. The van der Waals surface area contributed by atoms with Crippen LogP contribution in [0.25, 0.3) is 0 Å². The lowest BCUT2D eigenvalue weighted by molar-refractivity contribution is -0.125. The number of hydrogen-bond acceptors (Lipinski definition) is 4. The first-order chi connectivity index (χ1) is 10.9. The maximum atomic E-state index is 12.7. The minimum absolute atomic E-state index is 0.0278. The standard InChI is InChI=1S/C16H21N3O3S/c1-3-4-11-9-12(23-10(11)2)13(20)19-7-5-16(6-8-19)14(21)17-15(22)18-16/h9H,3-8H2,1-2H3,(H2,17,18,21,22). The van der Waals surface area contributed by atoms with E-state index < -0.39 is 11.6 Å². The lowest BCUT2D eigenvalue weighted by Gasteiger charge is -2.36. The van der Waals surface area contributed by atoms with Gasteiger partial charge in [-0.3, -0.25) is 14.9 Å². The Kier molecular flexibility index (Phi) is 4.14. The molecule has 0 bridgehead atoms. The maximum absolute atomic E-state index is 12.7. The van der Waals surface area contributed by atoms with Crippen molar-refractivity contribution in [2.24, 2.45) is 0 Å². The third-order valence-electron chi connectivity index (χ3n) is 4.67. The molecule has 2 aliphatic heterocycles. The van der Waals surface area contributed by atoms with Crippen molar-refractivity contribution in [3.63, 3.8) is 0 Å². The highest BCUT2D eigenvalue weighted by Crippen LogP contribution is 2.29. The fraction of sp³-hybridized carbons (Fsp3) is 0.562. The Morgan fingerprint density at radius 1 is 1.35 bits per heavy atom. The molecule has 0 saturated carbocycles. The summed E-state index contributed by atoms with van der Waals surface area (Å²) >= 11 is 1.54. The highest BCUT2D eigenvalue weighted by molar-refractivity contribution is 7.14. The van der Waals surface area contributed by atoms with E-state index in [9.17, 15) is 14.4 Å². The SMILES string of the molecule is CCCc1cc(C(=O)N2CCC3(CC2)NC(=O)NC3=O)sc1C. The van der Waals surface area contributed by atoms with Crippen molar-refractivity contribution in [2.75, 3.05) is 13.1 Å². The van der Waals surface area contributed by atoms with Gasteiger partial charge in [0.15, 0.2) is 0 Å². The molecule has 23 heavy (non-hydrogen) atoms. The number of piperidine rings is 1. The summed E-state index contributed by atoms with van der Waals surface area (Å²) in [5.41, 5.74) is 0.420. The zero-order valence-corrected chi connectivity index (χ0v) is 14.2. The van der Waals surface area contributed by atoms with Gasteiger partial charge in [0, 0.05) is 18.0 Å². The summed E-state index contributed by atoms with van der Waals surface area (Å²) in [5, 5.41) is 5.00. The molecular weight excluding hydrogens is 314 g/mol. The van der Waals surface area contributed by atoms with Crippen molar-refractivity contribution in [1.29, 1.82) is 0 Å². The van der Waals surface area contributed by atoms with E-state index in [1.807, 2.05) is 6.07 Å². The lowest BCUT2D eigenvalue weighted by Crippen LogP contribution is -2.55. The van der Waals surface area contributed by atoms with Crippen molar-refractivity contribution in [3.05, 3.63) is 21.4 Å². The van der Waals surface area contributed by atoms with Crippen molar-refractivity contribution in [1.82, 2.24) is 15.5 Å². The summed E-state index contributed by atoms with van der Waals surface area (Å²) in [6.45, 7) is 5.14. The van der Waals surface area contributed by atoms with Crippen LogP contribution in [-0.4, -0.2) is 41.4 Å². The molecule has 2 saturated heterocycles. The molecule has 1 aromatic rings. The molecule has 0 unspecified atom stereocenters. The number of aryl methyl sites for hydroxylation is 2. The number of thiophene rings is 1. The van der Waals surface area contributed by atoms with E-state index in [1.54, 1.807) is 16.2 Å². The number of rotatable bonds is 3. The smallest absolute Gasteiger partial charge is 0.322 e. The predicted octanol–water partition coefficient (Wildman–Crippen LogP) is 1.82. The molecule has 2 aliphatic rings. The van der Waals surface area contributed by atoms with Gasteiger partial charge in [0.25, 0.3) is 11.8 Å². The second-order valence-electron chi connectivity index (χ2n) is 6.22. The van der Waals surface area contributed by atoms with Crippen LogP contribution in [0.1, 0.15) is 46.3 Å². The molecule has 3 rings (SSSR count). The first-order valence-corrected chi connectivity index (χ1v) is 8.79. The first kappa shape index (κ1) is 16.0. The summed E-state index contributed by atoms with van der Waals surface area (Å²) < 4.78 is 0. The molecular formula is C16H21N3O3S. The van der Waals surface area contributed by atoms with Crippen molar-refractivity contribution in [2.45, 2.75) is 45.1 Å². The highest BCUT2D eigenvalue weighted by atomic mass is 32.1. The van der Waals surface area contributed by atoms with Crippen LogP contribution in [0, 0.1) is 6.92 Å². The van der Waals surface area contributed by atoms with Gasteiger partial charge in [-0.1, -0.05) is 13.3 Å². The fourth-order valence-corrected chi connectivity index (χ4v) is 4.31. The van der Waals surface area contributed by atoms with Crippen LogP contribution in [0.2, 0.25) is 0 Å². The van der Waals surface area contributed by atoms with E-state index in [4.69, 9.17) is 0 Å². The monoisotopic (exact) mass is 335 g/mol. The number of nitrogens with zero attached hydrogens (tertiary/aromatic N) is 1. The van der Waals surface area contributed by atoms with E-state index in [1.165, 1.54) is 10.4 Å². The molecule has 1 spiro atoms. The van der Waals surface area contributed by atoms with Crippen molar-refractivity contribution >= 4 is 29.2 Å². The number of carbonyl (C=O) groups is 3. The largest absolute Gasteiger partial charge is 0.338 e. The summed E-state index contributed by atoms with van der Waals surface area (Å²) in [6.07, 6.45) is 2.97. The van der Waals surface area contributed by atoms with Crippen LogP contribution in [0.3, 0.4) is 0 Å². The van der Waals surface area contributed by atoms with Crippen LogP contribution < -0.4 is 10.6 Å². The molecule has 2 fully saturated rings. The van der Waals surface area contributed by atoms with Crippen LogP contribution in [0.4, 0.5) is 4.79 Å². The number of hydrogen-bond donors (Lipinski definition) is 2. The Hall–Kier alpha value is -1.89. The van der Waals surface area contributed by atoms with Gasteiger partial charge >= 0.3 is 6.03 Å². The number of urea groups is 1. The van der Waals surface area contributed by atoms with Crippen LogP contribution in [0.5, 0.6) is 0 Å². The molecule has 0 radical (unpaired) electrons. The minimum atomic E-state index is -0.827. The zero-order valence-electron chi connectivity index (χ0n) is 13.4. The summed E-state index contributed by atoms with van der Waals surface area (Å²) in [4.78, 5) is 39.7. The Bertz CT molecular complexity index is 660. The average Bonchev–Trinajstić information content (AvgIpc) is 3.01. The minimum Gasteiger partial charge on any atom is -0.338 e. The third kappa shape index (κ3) is 2.85. The van der Waals surface area contributed by atoms with Crippen molar-refractivity contribution in [3.8, 4) is 0 Å². The van der Waals surface area contributed by atoms with Crippen molar-refractivity contribution < 1.29 is 14.4 Å². The van der Waals surface area contributed by atoms with Crippen LogP contribution in [-0.2, 0) is 11.2 Å². The topological polar surface area (TPSA) is 78.5 Å². The van der Waals surface area contributed by atoms with Gasteiger partial charge in [0.1, 0.15) is 5.54 Å². The van der Waals surface area contributed by atoms with E-state index in [-0.39, 0.29) is 11.8 Å². The normalized spacial score (nSPS) is 19.8. The lowest BCUT2D eigenvalue weighted by atomic mass is 9.87. The van der Waals surface area contributed by atoms with Crippen LogP contribution in [0.15, 0.2) is 6.07 Å². The van der Waals surface area contributed by atoms with E-state index in [2.05, 4.69) is 24.5 Å². The Morgan fingerprint density at radius 3 is 2.61 bits per heavy atom. The molecule has 4 amide bonds. The first-order valence-electron chi connectivity index (χ1n) is 7.97. The zero-order chi connectivity index (χ0) is 16.6. The Labute approximate surface area is 139 Å². The van der Waals surface area contributed by atoms with E-state index in [0.29, 0.717) is 25.9 Å². The molecule has 3 heterocycles. The third-order valence-corrected chi connectivity index (χ3v) is 5.75. The second-order valence-corrected chi connectivity index (χ2v) is 7.48. The van der Waals surface area contributed by atoms with Gasteiger partial charge in [0.05, 0.1) is 4.88 Å². The van der Waals surface area contributed by atoms with Gasteiger partial charge < -0.3 is 10.2 Å². The second kappa shape index (κ2) is 5.96. The molecule has 2 N–H and O–H groups in total. The Morgan fingerprint density at radius 2 is 2.04 bits per heavy atom. The molecule has 7 heteroatoms. The number of imide groups is 1. The molecule has 6 nitrogen and oxygen atoms in total. The summed E-state index contributed by atoms with van der Waals surface area (Å²) in [5.74, 6) is -0.244. The molecule has 0 aromatic carbocycles. The molecule has 1 aromatic heterocycles. The van der Waals surface area contributed by atoms with Gasteiger partial charge in [-0.05, 0) is 37.8 Å². The summed E-state index contributed by atoms with van der Waals surface area (Å²) in [6, 6.07) is 1.56. The maximum Gasteiger partial charge on any atom is 0.322 e. The number of nitrogens with one attached hydrogen (secondary N) is 2. The van der Waals surface area contributed by atoms with Gasteiger partial charge in [-0.15, -0.1) is 11.3 Å². The predicted molar refractivity (Wildman–Crippen MR) is 87.6 cm³/mol. The number of likely N-dealkylation sites (tertiary alicyclic amines) is 1. The van der Waals surface area contributed by atoms with E-state index >= 15 is 0 Å². The average molecular weight is 335 g/mol. The van der Waals surface area contributed by atoms with E-state index in [0.717, 1.165) is 17.7 Å². The fourth-order valence-electron chi connectivity index (χ4n) is 3.27. The van der Waals surface area contributed by atoms with Gasteiger partial charge in [-0.2, -0.15) is 0 Å². The highest BCUT2D eigenvalue weighted by Gasteiger charge is 2.48. The van der Waals surface area contributed by atoms with Gasteiger partial charge in [-0.25, -0.2) is 4.79 Å². The Balaban J connectivity index is 1.68.